The minimum absolute atomic E-state index is 0.617. The van der Waals surface area contributed by atoms with Crippen molar-refractivity contribution in [3.05, 3.63) is 25.3 Å². The van der Waals surface area contributed by atoms with E-state index in [4.69, 9.17) is 4.74 Å². The van der Waals surface area contributed by atoms with E-state index in [1.165, 1.54) is 32.4 Å². The summed E-state index contributed by atoms with van der Waals surface area (Å²) in [5.41, 5.74) is 0. The van der Waals surface area contributed by atoms with Crippen molar-refractivity contribution < 1.29 is 4.74 Å². The van der Waals surface area contributed by atoms with Crippen molar-refractivity contribution >= 4 is 0 Å². The average Bonchev–Trinajstić information content (AvgIpc) is 2.22. The smallest absolute Gasteiger partial charge is 0.0649 e. The molecule has 1 rings (SSSR count). The van der Waals surface area contributed by atoms with Gasteiger partial charge < -0.3 is 10.1 Å². The lowest BCUT2D eigenvalue weighted by Crippen LogP contribution is -2.21. The third kappa shape index (κ3) is 11.4. The molecular weight excluding hydrogens is 162 g/mol. The quantitative estimate of drug-likeness (QED) is 0.532. The molecule has 0 bridgehead atoms. The second-order valence-electron chi connectivity index (χ2n) is 2.93. The van der Waals surface area contributed by atoms with E-state index in [0.717, 1.165) is 0 Å². The molecule has 1 aliphatic rings. The van der Waals surface area contributed by atoms with E-state index in [1.807, 2.05) is 0 Å². The summed E-state index contributed by atoms with van der Waals surface area (Å²) in [7, 11) is 0. The molecule has 0 aliphatic carbocycles. The van der Waals surface area contributed by atoms with E-state index in [1.54, 1.807) is 12.2 Å². The van der Waals surface area contributed by atoms with Gasteiger partial charge in [0.05, 0.1) is 13.2 Å². The zero-order valence-electron chi connectivity index (χ0n) is 8.43. The van der Waals surface area contributed by atoms with Crippen molar-refractivity contribution in [2.45, 2.75) is 19.3 Å². The topological polar surface area (TPSA) is 21.3 Å². The zero-order chi connectivity index (χ0) is 9.78. The van der Waals surface area contributed by atoms with Gasteiger partial charge >= 0.3 is 0 Å². The molecule has 2 heteroatoms. The molecule has 1 fully saturated rings. The van der Waals surface area contributed by atoms with Crippen LogP contribution in [0.4, 0.5) is 0 Å². The van der Waals surface area contributed by atoms with E-state index in [0.29, 0.717) is 13.2 Å². The lowest BCUT2D eigenvalue weighted by Gasteiger charge is -2.08. The van der Waals surface area contributed by atoms with E-state index in [2.05, 4.69) is 18.5 Å². The fourth-order valence-electron chi connectivity index (χ4n) is 1.04. The van der Waals surface area contributed by atoms with Crippen molar-refractivity contribution in [2.75, 3.05) is 26.3 Å². The van der Waals surface area contributed by atoms with Crippen molar-refractivity contribution in [1.29, 1.82) is 0 Å². The average molecular weight is 183 g/mol. The molecule has 2 nitrogen and oxygen atoms in total. The summed E-state index contributed by atoms with van der Waals surface area (Å²) in [6.45, 7) is 10.7. The van der Waals surface area contributed by atoms with Crippen LogP contribution in [-0.4, -0.2) is 26.3 Å². The summed E-state index contributed by atoms with van der Waals surface area (Å²) in [5.74, 6) is 0. The highest BCUT2D eigenvalue weighted by atomic mass is 16.5. The lowest BCUT2D eigenvalue weighted by molar-refractivity contribution is 0.194. The van der Waals surface area contributed by atoms with Gasteiger partial charge in [-0.15, -0.1) is 13.2 Å². The van der Waals surface area contributed by atoms with Gasteiger partial charge in [0.25, 0.3) is 0 Å². The van der Waals surface area contributed by atoms with Crippen LogP contribution in [0.5, 0.6) is 0 Å². The molecule has 1 N–H and O–H groups in total. The standard InChI is InChI=1S/C6H10O.C5H11N/c1-3-5-7-6-4-2;1-2-4-6-5-3-1/h3-4H,1-2,5-6H2;6H,1-5H2. The molecule has 0 saturated carbocycles. The first-order valence-electron chi connectivity index (χ1n) is 4.92. The monoisotopic (exact) mass is 183 g/mol. The highest BCUT2D eigenvalue weighted by molar-refractivity contribution is 4.68. The Morgan fingerprint density at radius 2 is 1.54 bits per heavy atom. The number of hydrogen-bond acceptors (Lipinski definition) is 2. The highest BCUT2D eigenvalue weighted by Gasteiger charge is 1.93. The molecule has 0 spiro atoms. The Balaban J connectivity index is 0.000000223. The normalized spacial score (nSPS) is 15.4. The molecule has 0 unspecified atom stereocenters. The Bertz CT molecular complexity index is 99.7. The van der Waals surface area contributed by atoms with Crippen molar-refractivity contribution in [3.8, 4) is 0 Å². The Kier molecular flexibility index (Phi) is 10.9. The number of rotatable bonds is 4. The third-order valence-electron chi connectivity index (χ3n) is 1.68. The van der Waals surface area contributed by atoms with E-state index in [-0.39, 0.29) is 0 Å². The van der Waals surface area contributed by atoms with Gasteiger partial charge in [0.1, 0.15) is 0 Å². The summed E-state index contributed by atoms with van der Waals surface area (Å²) in [4.78, 5) is 0. The number of ether oxygens (including phenoxy) is 1. The van der Waals surface area contributed by atoms with Gasteiger partial charge in [-0.25, -0.2) is 0 Å². The fraction of sp³-hybridized carbons (Fsp3) is 0.636. The molecule has 76 valence electrons. The molecule has 0 aromatic rings. The van der Waals surface area contributed by atoms with Gasteiger partial charge in [-0.1, -0.05) is 18.6 Å². The van der Waals surface area contributed by atoms with Crippen LogP contribution in [0.3, 0.4) is 0 Å². The van der Waals surface area contributed by atoms with Gasteiger partial charge in [0.2, 0.25) is 0 Å². The number of hydrogen-bond donors (Lipinski definition) is 1. The Morgan fingerprint density at radius 1 is 1.00 bits per heavy atom. The van der Waals surface area contributed by atoms with Crippen LogP contribution in [0.15, 0.2) is 25.3 Å². The molecule has 0 amide bonds. The molecule has 1 heterocycles. The second kappa shape index (κ2) is 11.4. The summed E-state index contributed by atoms with van der Waals surface area (Å²) in [6.07, 6.45) is 7.64. The molecule has 13 heavy (non-hydrogen) atoms. The summed E-state index contributed by atoms with van der Waals surface area (Å²) in [5, 5.41) is 3.28. The predicted molar refractivity (Wildman–Crippen MR) is 57.9 cm³/mol. The molecule has 1 aliphatic heterocycles. The van der Waals surface area contributed by atoms with Crippen LogP contribution in [0.1, 0.15) is 19.3 Å². The first-order valence-corrected chi connectivity index (χ1v) is 4.92. The Hall–Kier alpha value is -0.600. The molecule has 1 saturated heterocycles. The SMILES string of the molecule is C1CCNCC1.C=CCOCC=C. The van der Waals surface area contributed by atoms with Crippen molar-refractivity contribution in [2.24, 2.45) is 0 Å². The lowest BCUT2D eigenvalue weighted by atomic mass is 10.2. The van der Waals surface area contributed by atoms with Gasteiger partial charge in [-0.05, 0) is 25.9 Å². The summed E-state index contributed by atoms with van der Waals surface area (Å²) < 4.78 is 4.90. The van der Waals surface area contributed by atoms with Gasteiger partial charge in [0.15, 0.2) is 0 Å². The van der Waals surface area contributed by atoms with Gasteiger partial charge in [-0.3, -0.25) is 0 Å². The molecule has 0 aromatic heterocycles. The van der Waals surface area contributed by atoms with Gasteiger partial charge in [0, 0.05) is 0 Å². The molecule has 0 aromatic carbocycles. The van der Waals surface area contributed by atoms with E-state index >= 15 is 0 Å². The van der Waals surface area contributed by atoms with Crippen molar-refractivity contribution in [1.82, 2.24) is 5.32 Å². The summed E-state index contributed by atoms with van der Waals surface area (Å²) >= 11 is 0. The van der Waals surface area contributed by atoms with Gasteiger partial charge in [-0.2, -0.15) is 0 Å². The molecule has 0 atom stereocenters. The van der Waals surface area contributed by atoms with Crippen LogP contribution in [0.2, 0.25) is 0 Å². The fourth-order valence-corrected chi connectivity index (χ4v) is 1.04. The van der Waals surface area contributed by atoms with Crippen molar-refractivity contribution in [3.63, 3.8) is 0 Å². The molecular formula is C11H21NO. The largest absolute Gasteiger partial charge is 0.373 e. The minimum Gasteiger partial charge on any atom is -0.373 e. The second-order valence-corrected chi connectivity index (χ2v) is 2.93. The maximum atomic E-state index is 4.90. The predicted octanol–water partition coefficient (Wildman–Crippen LogP) is 2.13. The number of nitrogens with one attached hydrogen (secondary N) is 1. The Labute approximate surface area is 81.7 Å². The summed E-state index contributed by atoms with van der Waals surface area (Å²) in [6, 6.07) is 0. The van der Waals surface area contributed by atoms with Crippen LogP contribution in [-0.2, 0) is 4.74 Å². The molecule has 0 radical (unpaired) electrons. The first kappa shape index (κ1) is 12.4. The minimum atomic E-state index is 0.617. The maximum Gasteiger partial charge on any atom is 0.0649 e. The maximum absolute atomic E-state index is 4.90. The highest BCUT2D eigenvalue weighted by Crippen LogP contribution is 1.96. The zero-order valence-corrected chi connectivity index (χ0v) is 8.43. The van der Waals surface area contributed by atoms with Crippen LogP contribution < -0.4 is 5.32 Å². The van der Waals surface area contributed by atoms with Crippen LogP contribution in [0.25, 0.3) is 0 Å². The van der Waals surface area contributed by atoms with Crippen LogP contribution in [0, 0.1) is 0 Å². The van der Waals surface area contributed by atoms with E-state index in [9.17, 15) is 0 Å². The number of piperidine rings is 1. The van der Waals surface area contributed by atoms with Crippen LogP contribution >= 0.6 is 0 Å². The Morgan fingerprint density at radius 3 is 1.77 bits per heavy atom. The van der Waals surface area contributed by atoms with E-state index < -0.39 is 0 Å². The first-order chi connectivity index (χ1) is 6.41. The third-order valence-corrected chi connectivity index (χ3v) is 1.68.